The Morgan fingerprint density at radius 1 is 1.39 bits per heavy atom. The topological polar surface area (TPSA) is 60.2 Å². The minimum atomic E-state index is 0.613. The second-order valence-corrected chi connectivity index (χ2v) is 4.75. The van der Waals surface area contributed by atoms with Crippen LogP contribution in [0, 0.1) is 5.92 Å². The molecule has 4 nitrogen and oxygen atoms in total. The molecule has 0 radical (unpaired) electrons. The van der Waals surface area contributed by atoms with Crippen LogP contribution in [-0.4, -0.2) is 24.7 Å². The summed E-state index contributed by atoms with van der Waals surface area (Å²) in [5.41, 5.74) is 8.57. The molecule has 94 valence electrons. The van der Waals surface area contributed by atoms with E-state index in [9.17, 15) is 0 Å². The number of nitrogens with zero attached hydrogens (tertiary/aromatic N) is 1. The maximum Gasteiger partial charge on any atom is 0.0743 e. The predicted octanol–water partition coefficient (Wildman–Crippen LogP) is 2.27. The SMILES string of the molecule is Nc1ccc2c(NCC3CCOC3)ccnc2c1. The average molecular weight is 243 g/mol. The Balaban J connectivity index is 1.82. The lowest BCUT2D eigenvalue weighted by molar-refractivity contribution is 0.187. The van der Waals surface area contributed by atoms with Crippen LogP contribution in [0.4, 0.5) is 11.4 Å². The van der Waals surface area contributed by atoms with Crippen LogP contribution in [-0.2, 0) is 4.74 Å². The molecular formula is C14H17N3O. The summed E-state index contributed by atoms with van der Waals surface area (Å²) >= 11 is 0. The third kappa shape index (κ3) is 2.24. The van der Waals surface area contributed by atoms with Gasteiger partial charge in [0.05, 0.1) is 12.1 Å². The number of pyridine rings is 1. The first-order valence-corrected chi connectivity index (χ1v) is 6.29. The number of benzene rings is 1. The molecule has 18 heavy (non-hydrogen) atoms. The highest BCUT2D eigenvalue weighted by Gasteiger charge is 2.15. The van der Waals surface area contributed by atoms with E-state index in [0.29, 0.717) is 5.92 Å². The van der Waals surface area contributed by atoms with Crippen LogP contribution >= 0.6 is 0 Å². The van der Waals surface area contributed by atoms with Crippen molar-refractivity contribution in [3.63, 3.8) is 0 Å². The lowest BCUT2D eigenvalue weighted by atomic mass is 10.1. The minimum Gasteiger partial charge on any atom is -0.399 e. The van der Waals surface area contributed by atoms with Crippen molar-refractivity contribution in [1.82, 2.24) is 4.98 Å². The molecule has 0 aliphatic carbocycles. The summed E-state index contributed by atoms with van der Waals surface area (Å²) in [6.07, 6.45) is 2.96. The molecule has 0 spiro atoms. The van der Waals surface area contributed by atoms with Gasteiger partial charge in [-0.25, -0.2) is 0 Å². The molecule has 0 amide bonds. The summed E-state index contributed by atoms with van der Waals surface area (Å²) in [5.74, 6) is 0.613. The van der Waals surface area contributed by atoms with E-state index in [2.05, 4.69) is 10.3 Å². The average Bonchev–Trinajstić information content (AvgIpc) is 2.89. The molecule has 1 aliphatic rings. The maximum absolute atomic E-state index is 5.77. The van der Waals surface area contributed by atoms with Crippen molar-refractivity contribution in [3.8, 4) is 0 Å². The number of aromatic nitrogens is 1. The zero-order chi connectivity index (χ0) is 12.4. The van der Waals surface area contributed by atoms with Crippen LogP contribution in [0.5, 0.6) is 0 Å². The molecule has 1 aromatic carbocycles. The first-order valence-electron chi connectivity index (χ1n) is 6.29. The summed E-state index contributed by atoms with van der Waals surface area (Å²) in [7, 11) is 0. The van der Waals surface area contributed by atoms with Crippen molar-refractivity contribution in [1.29, 1.82) is 0 Å². The highest BCUT2D eigenvalue weighted by atomic mass is 16.5. The molecule has 4 heteroatoms. The molecule has 1 atom stereocenters. The normalized spacial score (nSPS) is 19.2. The van der Waals surface area contributed by atoms with Gasteiger partial charge in [-0.3, -0.25) is 4.98 Å². The third-order valence-electron chi connectivity index (χ3n) is 3.37. The number of anilines is 2. The minimum absolute atomic E-state index is 0.613. The predicted molar refractivity (Wildman–Crippen MR) is 73.6 cm³/mol. The largest absolute Gasteiger partial charge is 0.399 e. The number of rotatable bonds is 3. The van der Waals surface area contributed by atoms with Gasteiger partial charge in [0.25, 0.3) is 0 Å². The first-order chi connectivity index (χ1) is 8.83. The lowest BCUT2D eigenvalue weighted by Gasteiger charge is -2.12. The second kappa shape index (κ2) is 4.82. The van der Waals surface area contributed by atoms with Gasteiger partial charge in [0.2, 0.25) is 0 Å². The molecule has 0 saturated carbocycles. The maximum atomic E-state index is 5.77. The lowest BCUT2D eigenvalue weighted by Crippen LogP contribution is -2.14. The smallest absolute Gasteiger partial charge is 0.0743 e. The van der Waals surface area contributed by atoms with Crippen molar-refractivity contribution < 1.29 is 4.74 Å². The van der Waals surface area contributed by atoms with Gasteiger partial charge in [-0.1, -0.05) is 0 Å². The van der Waals surface area contributed by atoms with E-state index in [4.69, 9.17) is 10.5 Å². The van der Waals surface area contributed by atoms with Crippen LogP contribution < -0.4 is 11.1 Å². The highest BCUT2D eigenvalue weighted by molar-refractivity contribution is 5.92. The zero-order valence-corrected chi connectivity index (χ0v) is 10.2. The molecule has 0 bridgehead atoms. The van der Waals surface area contributed by atoms with Crippen molar-refractivity contribution in [2.45, 2.75) is 6.42 Å². The molecular weight excluding hydrogens is 226 g/mol. The summed E-state index contributed by atoms with van der Waals surface area (Å²) in [4.78, 5) is 4.34. The summed E-state index contributed by atoms with van der Waals surface area (Å²) in [6.45, 7) is 2.70. The van der Waals surface area contributed by atoms with Crippen molar-refractivity contribution in [3.05, 3.63) is 30.5 Å². The number of fused-ring (bicyclic) bond motifs is 1. The Labute approximate surface area is 106 Å². The van der Waals surface area contributed by atoms with E-state index >= 15 is 0 Å². The van der Waals surface area contributed by atoms with Crippen molar-refractivity contribution in [2.24, 2.45) is 5.92 Å². The second-order valence-electron chi connectivity index (χ2n) is 4.75. The molecule has 1 aliphatic heterocycles. The third-order valence-corrected chi connectivity index (χ3v) is 3.37. The van der Waals surface area contributed by atoms with Gasteiger partial charge in [0.15, 0.2) is 0 Å². The van der Waals surface area contributed by atoms with E-state index in [0.717, 1.165) is 48.5 Å². The number of hydrogen-bond donors (Lipinski definition) is 2. The van der Waals surface area contributed by atoms with Gasteiger partial charge >= 0.3 is 0 Å². The fraction of sp³-hybridized carbons (Fsp3) is 0.357. The number of nitrogens with two attached hydrogens (primary N) is 1. The van der Waals surface area contributed by atoms with Crippen LogP contribution in [0.2, 0.25) is 0 Å². The summed E-state index contributed by atoms with van der Waals surface area (Å²) in [5, 5.41) is 4.60. The quantitative estimate of drug-likeness (QED) is 0.812. The fourth-order valence-electron chi connectivity index (χ4n) is 2.32. The molecule has 2 aromatic rings. The number of nitrogen functional groups attached to an aromatic ring is 1. The molecule has 1 unspecified atom stereocenters. The Morgan fingerprint density at radius 2 is 2.33 bits per heavy atom. The number of ether oxygens (including phenoxy) is 1. The Hall–Kier alpha value is -1.81. The molecule has 1 saturated heterocycles. The van der Waals surface area contributed by atoms with Gasteiger partial charge in [-0.2, -0.15) is 0 Å². The molecule has 2 heterocycles. The van der Waals surface area contributed by atoms with E-state index in [1.165, 1.54) is 0 Å². The van der Waals surface area contributed by atoms with Gasteiger partial charge < -0.3 is 15.8 Å². The van der Waals surface area contributed by atoms with E-state index in [1.807, 2.05) is 30.5 Å². The van der Waals surface area contributed by atoms with Crippen LogP contribution in [0.1, 0.15) is 6.42 Å². The summed E-state index contributed by atoms with van der Waals surface area (Å²) in [6, 6.07) is 7.84. The fourth-order valence-corrected chi connectivity index (χ4v) is 2.32. The molecule has 3 rings (SSSR count). The monoisotopic (exact) mass is 243 g/mol. The van der Waals surface area contributed by atoms with Crippen molar-refractivity contribution >= 4 is 22.3 Å². The van der Waals surface area contributed by atoms with E-state index < -0.39 is 0 Å². The van der Waals surface area contributed by atoms with Crippen molar-refractivity contribution in [2.75, 3.05) is 30.8 Å². The van der Waals surface area contributed by atoms with Crippen LogP contribution in [0.25, 0.3) is 10.9 Å². The zero-order valence-electron chi connectivity index (χ0n) is 10.2. The Morgan fingerprint density at radius 3 is 3.17 bits per heavy atom. The first kappa shape index (κ1) is 11.3. The summed E-state index contributed by atoms with van der Waals surface area (Å²) < 4.78 is 5.38. The number of nitrogens with one attached hydrogen (secondary N) is 1. The number of hydrogen-bond acceptors (Lipinski definition) is 4. The van der Waals surface area contributed by atoms with E-state index in [-0.39, 0.29) is 0 Å². The van der Waals surface area contributed by atoms with Gasteiger partial charge in [-0.15, -0.1) is 0 Å². The van der Waals surface area contributed by atoms with Crippen LogP contribution in [0.15, 0.2) is 30.5 Å². The molecule has 3 N–H and O–H groups in total. The standard InChI is InChI=1S/C14H17N3O/c15-11-1-2-12-13(3-5-16-14(12)7-11)17-8-10-4-6-18-9-10/h1-3,5,7,10H,4,6,8-9,15H2,(H,16,17). The highest BCUT2D eigenvalue weighted by Crippen LogP contribution is 2.24. The van der Waals surface area contributed by atoms with E-state index in [1.54, 1.807) is 0 Å². The molecule has 1 fully saturated rings. The Kier molecular flexibility index (Phi) is 3.02. The van der Waals surface area contributed by atoms with Gasteiger partial charge in [0.1, 0.15) is 0 Å². The van der Waals surface area contributed by atoms with Gasteiger partial charge in [-0.05, 0) is 30.7 Å². The van der Waals surface area contributed by atoms with Gasteiger partial charge in [0, 0.05) is 42.0 Å². The molecule has 1 aromatic heterocycles. The van der Waals surface area contributed by atoms with Crippen LogP contribution in [0.3, 0.4) is 0 Å². The Bertz CT molecular complexity index is 550.